The van der Waals surface area contributed by atoms with Crippen LogP contribution in [0.3, 0.4) is 0 Å². The van der Waals surface area contributed by atoms with Gasteiger partial charge >= 0.3 is 0 Å². The first-order valence-corrected chi connectivity index (χ1v) is 8.95. The van der Waals surface area contributed by atoms with Gasteiger partial charge in [-0.3, -0.25) is 0 Å². The van der Waals surface area contributed by atoms with Crippen LogP contribution >= 0.6 is 0 Å². The standard InChI is InChI=1S/C20H24N6O/c1-3-4-11-27-16-8-6-15(7-9-16)25-19-18(21)20(24-13-23-19)26-17-10-5-14(2)12-22-17/h5-10,12-13H,3-4,11,21H2,1-2H3,(H2,22,23,24,25,26). The molecule has 2 aromatic heterocycles. The lowest BCUT2D eigenvalue weighted by Gasteiger charge is -2.13. The summed E-state index contributed by atoms with van der Waals surface area (Å²) in [6.07, 6.45) is 5.39. The van der Waals surface area contributed by atoms with Crippen molar-refractivity contribution in [2.45, 2.75) is 26.7 Å². The Morgan fingerprint density at radius 3 is 2.37 bits per heavy atom. The first-order valence-electron chi connectivity index (χ1n) is 8.95. The molecule has 4 N–H and O–H groups in total. The third-order valence-electron chi connectivity index (χ3n) is 3.93. The second-order valence-electron chi connectivity index (χ2n) is 6.18. The molecule has 0 saturated carbocycles. The largest absolute Gasteiger partial charge is 0.494 e. The average molecular weight is 364 g/mol. The highest BCUT2D eigenvalue weighted by atomic mass is 16.5. The smallest absolute Gasteiger partial charge is 0.160 e. The Morgan fingerprint density at radius 1 is 0.963 bits per heavy atom. The fourth-order valence-corrected chi connectivity index (χ4v) is 2.36. The van der Waals surface area contributed by atoms with E-state index in [1.54, 1.807) is 6.20 Å². The van der Waals surface area contributed by atoms with Crippen LogP contribution in [0.15, 0.2) is 48.9 Å². The summed E-state index contributed by atoms with van der Waals surface area (Å²) in [4.78, 5) is 12.7. The minimum absolute atomic E-state index is 0.420. The van der Waals surface area contributed by atoms with E-state index in [1.807, 2.05) is 43.3 Å². The van der Waals surface area contributed by atoms with Gasteiger partial charge < -0.3 is 21.1 Å². The zero-order valence-electron chi connectivity index (χ0n) is 15.6. The topological polar surface area (TPSA) is 98.0 Å². The number of nitrogen functional groups attached to an aromatic ring is 1. The molecule has 0 aliphatic heterocycles. The molecule has 1 aromatic carbocycles. The van der Waals surface area contributed by atoms with Crippen molar-refractivity contribution in [2.24, 2.45) is 0 Å². The molecule has 2 heterocycles. The van der Waals surface area contributed by atoms with Gasteiger partial charge in [-0.2, -0.15) is 0 Å². The van der Waals surface area contributed by atoms with Crippen molar-refractivity contribution in [3.05, 3.63) is 54.5 Å². The van der Waals surface area contributed by atoms with Crippen molar-refractivity contribution in [1.82, 2.24) is 15.0 Å². The van der Waals surface area contributed by atoms with Crippen molar-refractivity contribution in [3.63, 3.8) is 0 Å². The molecule has 0 spiro atoms. The number of hydrogen-bond acceptors (Lipinski definition) is 7. The van der Waals surface area contributed by atoms with Crippen LogP contribution in [0, 0.1) is 6.92 Å². The summed E-state index contributed by atoms with van der Waals surface area (Å²) in [6, 6.07) is 11.5. The van der Waals surface area contributed by atoms with Crippen molar-refractivity contribution in [2.75, 3.05) is 23.0 Å². The van der Waals surface area contributed by atoms with Crippen LogP contribution in [-0.2, 0) is 0 Å². The van der Waals surface area contributed by atoms with Crippen LogP contribution in [0.1, 0.15) is 25.3 Å². The maximum Gasteiger partial charge on any atom is 0.160 e. The van der Waals surface area contributed by atoms with E-state index in [1.165, 1.54) is 6.33 Å². The van der Waals surface area contributed by atoms with Gasteiger partial charge in [0.1, 0.15) is 23.6 Å². The van der Waals surface area contributed by atoms with Crippen LogP contribution in [0.5, 0.6) is 5.75 Å². The van der Waals surface area contributed by atoms with E-state index in [2.05, 4.69) is 32.5 Å². The molecule has 7 nitrogen and oxygen atoms in total. The zero-order valence-corrected chi connectivity index (χ0v) is 15.6. The van der Waals surface area contributed by atoms with Gasteiger partial charge in [0.15, 0.2) is 11.6 Å². The Kier molecular flexibility index (Phi) is 6.04. The predicted molar refractivity (Wildman–Crippen MR) is 109 cm³/mol. The first-order chi connectivity index (χ1) is 13.2. The molecule has 0 amide bonds. The number of nitrogens with zero attached hydrogens (tertiary/aromatic N) is 3. The highest BCUT2D eigenvalue weighted by molar-refractivity contribution is 5.79. The maximum atomic E-state index is 6.22. The van der Waals surface area contributed by atoms with Crippen molar-refractivity contribution in [3.8, 4) is 5.75 Å². The van der Waals surface area contributed by atoms with Gasteiger partial charge in [0.05, 0.1) is 6.61 Å². The van der Waals surface area contributed by atoms with E-state index in [0.717, 1.165) is 36.4 Å². The molecule has 3 aromatic rings. The average Bonchev–Trinajstić information content (AvgIpc) is 2.68. The number of rotatable bonds is 8. The van der Waals surface area contributed by atoms with Gasteiger partial charge in [-0.05, 0) is 49.2 Å². The molecule has 3 rings (SSSR count). The van der Waals surface area contributed by atoms with Crippen molar-refractivity contribution in [1.29, 1.82) is 0 Å². The molecule has 0 aliphatic carbocycles. The fraction of sp³-hybridized carbons (Fsp3) is 0.250. The maximum absolute atomic E-state index is 6.22. The van der Waals surface area contributed by atoms with Crippen LogP contribution in [-0.4, -0.2) is 21.6 Å². The van der Waals surface area contributed by atoms with Crippen LogP contribution in [0.2, 0.25) is 0 Å². The van der Waals surface area contributed by atoms with Gasteiger partial charge in [0.2, 0.25) is 0 Å². The lowest BCUT2D eigenvalue weighted by atomic mass is 10.3. The van der Waals surface area contributed by atoms with E-state index >= 15 is 0 Å². The Hall–Kier alpha value is -3.35. The highest BCUT2D eigenvalue weighted by Gasteiger charge is 2.09. The first kappa shape index (κ1) is 18.4. The summed E-state index contributed by atoms with van der Waals surface area (Å²) in [5.74, 6) is 2.55. The van der Waals surface area contributed by atoms with E-state index < -0.39 is 0 Å². The van der Waals surface area contributed by atoms with Gasteiger partial charge in [-0.25, -0.2) is 15.0 Å². The number of nitrogens with one attached hydrogen (secondary N) is 2. The molecule has 0 radical (unpaired) electrons. The summed E-state index contributed by atoms with van der Waals surface area (Å²) in [7, 11) is 0. The van der Waals surface area contributed by atoms with Gasteiger partial charge in [-0.15, -0.1) is 0 Å². The summed E-state index contributed by atoms with van der Waals surface area (Å²) >= 11 is 0. The number of aromatic nitrogens is 3. The minimum atomic E-state index is 0.420. The molecular formula is C20H24N6O. The number of pyridine rings is 1. The van der Waals surface area contributed by atoms with Gasteiger partial charge in [0.25, 0.3) is 0 Å². The summed E-state index contributed by atoms with van der Waals surface area (Å²) in [6.45, 7) is 4.85. The second kappa shape index (κ2) is 8.84. The van der Waals surface area contributed by atoms with E-state index in [-0.39, 0.29) is 0 Å². The van der Waals surface area contributed by atoms with Gasteiger partial charge in [-0.1, -0.05) is 19.4 Å². The Labute approximate surface area is 159 Å². The quantitative estimate of drug-likeness (QED) is 0.509. The number of hydrogen-bond donors (Lipinski definition) is 3. The monoisotopic (exact) mass is 364 g/mol. The zero-order chi connectivity index (χ0) is 19.1. The lowest BCUT2D eigenvalue weighted by Crippen LogP contribution is -2.06. The second-order valence-corrected chi connectivity index (χ2v) is 6.18. The predicted octanol–water partition coefficient (Wildman–Crippen LogP) is 4.43. The summed E-state index contributed by atoms with van der Waals surface area (Å²) < 4.78 is 5.67. The molecule has 0 atom stereocenters. The number of benzene rings is 1. The molecule has 7 heteroatoms. The van der Waals surface area contributed by atoms with Crippen LogP contribution in [0.25, 0.3) is 0 Å². The molecule has 0 fully saturated rings. The van der Waals surface area contributed by atoms with E-state index in [0.29, 0.717) is 23.1 Å². The van der Waals surface area contributed by atoms with Crippen molar-refractivity contribution < 1.29 is 4.74 Å². The number of anilines is 5. The van der Waals surface area contributed by atoms with Crippen LogP contribution < -0.4 is 21.1 Å². The third-order valence-corrected chi connectivity index (χ3v) is 3.93. The van der Waals surface area contributed by atoms with Crippen LogP contribution in [0.4, 0.5) is 28.8 Å². The molecule has 27 heavy (non-hydrogen) atoms. The van der Waals surface area contributed by atoms with E-state index in [4.69, 9.17) is 10.5 Å². The lowest BCUT2D eigenvalue weighted by molar-refractivity contribution is 0.309. The molecular weight excluding hydrogens is 340 g/mol. The molecule has 0 aliphatic rings. The number of ether oxygens (including phenoxy) is 1. The van der Waals surface area contributed by atoms with Gasteiger partial charge in [0, 0.05) is 11.9 Å². The SMILES string of the molecule is CCCCOc1ccc(Nc2ncnc(Nc3ccc(C)cn3)c2N)cc1. The molecule has 0 saturated heterocycles. The minimum Gasteiger partial charge on any atom is -0.494 e. The van der Waals surface area contributed by atoms with Crippen molar-refractivity contribution >= 4 is 28.8 Å². The summed E-state index contributed by atoms with van der Waals surface area (Å²) in [5.41, 5.74) is 8.58. The molecule has 0 bridgehead atoms. The normalized spacial score (nSPS) is 10.4. The number of unbranched alkanes of at least 4 members (excludes halogenated alkanes) is 1. The fourth-order valence-electron chi connectivity index (χ4n) is 2.36. The molecule has 0 unspecified atom stereocenters. The Morgan fingerprint density at radius 2 is 1.70 bits per heavy atom. The summed E-state index contributed by atoms with van der Waals surface area (Å²) in [5, 5.41) is 6.33. The highest BCUT2D eigenvalue weighted by Crippen LogP contribution is 2.28. The van der Waals surface area contributed by atoms with E-state index in [9.17, 15) is 0 Å². The third kappa shape index (κ3) is 5.07. The number of aryl methyl sites for hydroxylation is 1. The Balaban J connectivity index is 1.69. The number of nitrogens with two attached hydrogens (primary N) is 1. The molecule has 140 valence electrons. The Bertz CT molecular complexity index is 865.